The fraction of sp³-hybridized carbons (Fsp3) is 0.500. The molecule has 2 heterocycles. The predicted octanol–water partition coefficient (Wildman–Crippen LogP) is 5.13. The zero-order chi connectivity index (χ0) is 16.9. The summed E-state index contributed by atoms with van der Waals surface area (Å²) < 4.78 is 5.60. The molecule has 4 rings (SSSR count). The van der Waals surface area contributed by atoms with E-state index in [-0.39, 0.29) is 0 Å². The van der Waals surface area contributed by atoms with Crippen LogP contribution in [-0.4, -0.2) is 10.1 Å². The summed E-state index contributed by atoms with van der Waals surface area (Å²) in [7, 11) is 0. The average molecular weight is 325 g/mol. The van der Waals surface area contributed by atoms with Crippen molar-refractivity contribution < 1.29 is 4.52 Å². The second kappa shape index (κ2) is 7.65. The number of nitrogens with zero attached hydrogens (tertiary/aromatic N) is 2. The number of fused-ring (bicyclic) bond motifs is 1. The quantitative estimate of drug-likeness (QED) is 0.831. The molecule has 0 bridgehead atoms. The van der Waals surface area contributed by atoms with Crippen LogP contribution in [0, 0.1) is 5.92 Å². The largest absolute Gasteiger partial charge is 0.387 e. The van der Waals surface area contributed by atoms with Crippen LogP contribution in [0.3, 0.4) is 0 Å². The van der Waals surface area contributed by atoms with Crippen LogP contribution in [0.5, 0.6) is 0 Å². The van der Waals surface area contributed by atoms with Gasteiger partial charge in [0, 0.05) is 18.0 Å². The smallest absolute Gasteiger partial charge is 0.230 e. The third-order valence-electron chi connectivity index (χ3n) is 4.83. The zero-order valence-electron chi connectivity index (χ0n) is 14.9. The topological polar surface area (TPSA) is 51.0 Å². The van der Waals surface area contributed by atoms with E-state index in [1.54, 1.807) is 0 Å². The number of benzene rings is 1. The monoisotopic (exact) mass is 325 g/mol. The van der Waals surface area contributed by atoms with E-state index in [0.717, 1.165) is 29.7 Å². The highest BCUT2D eigenvalue weighted by atomic mass is 16.5. The standard InChI is InChI=1S/C18H21N3O.C2H6/c1-12-4-2-5-13(10-12)18-20-17(21-22-18)16-7-3-6-14-11-19-9-8-15(14)16;1-2/h3,6-9,12-13,19H,2,4-5,10-11H2,1H3;1-2H3. The lowest BCUT2D eigenvalue weighted by atomic mass is 9.82. The summed E-state index contributed by atoms with van der Waals surface area (Å²) >= 11 is 0. The van der Waals surface area contributed by atoms with Gasteiger partial charge in [0.15, 0.2) is 0 Å². The third-order valence-corrected chi connectivity index (χ3v) is 4.83. The molecule has 1 aromatic carbocycles. The second-order valence-corrected chi connectivity index (χ2v) is 6.52. The summed E-state index contributed by atoms with van der Waals surface area (Å²) in [5, 5.41) is 7.49. The fourth-order valence-corrected chi connectivity index (χ4v) is 3.64. The Balaban J connectivity index is 0.000000815. The summed E-state index contributed by atoms with van der Waals surface area (Å²) in [4.78, 5) is 4.71. The summed E-state index contributed by atoms with van der Waals surface area (Å²) in [5.41, 5.74) is 3.54. The van der Waals surface area contributed by atoms with Gasteiger partial charge in [0.1, 0.15) is 0 Å². The molecule has 2 aromatic rings. The first kappa shape index (κ1) is 16.7. The molecule has 0 amide bonds. The van der Waals surface area contributed by atoms with Crippen molar-refractivity contribution in [2.75, 3.05) is 0 Å². The molecule has 1 saturated carbocycles. The normalized spacial score (nSPS) is 22.1. The lowest BCUT2D eigenvalue weighted by Gasteiger charge is -2.23. The van der Waals surface area contributed by atoms with Crippen molar-refractivity contribution in [2.24, 2.45) is 5.92 Å². The summed E-state index contributed by atoms with van der Waals surface area (Å²) in [5.74, 6) is 2.73. The van der Waals surface area contributed by atoms with Gasteiger partial charge in [0.25, 0.3) is 0 Å². The highest BCUT2D eigenvalue weighted by Crippen LogP contribution is 2.36. The SMILES string of the molecule is CC.CC1CCCC(c2nc(-c3cccc4c3C=CNC4)no2)C1. The maximum absolute atomic E-state index is 5.60. The maximum Gasteiger partial charge on any atom is 0.230 e. The van der Waals surface area contributed by atoms with Crippen LogP contribution in [0.1, 0.15) is 69.4 Å². The Morgan fingerprint density at radius 1 is 1.21 bits per heavy atom. The fourth-order valence-electron chi connectivity index (χ4n) is 3.64. The summed E-state index contributed by atoms with van der Waals surface area (Å²) in [6.45, 7) is 7.17. The van der Waals surface area contributed by atoms with E-state index >= 15 is 0 Å². The van der Waals surface area contributed by atoms with Gasteiger partial charge < -0.3 is 9.84 Å². The van der Waals surface area contributed by atoms with E-state index in [1.165, 1.54) is 36.8 Å². The number of hydrogen-bond acceptors (Lipinski definition) is 4. The van der Waals surface area contributed by atoms with E-state index in [1.807, 2.05) is 20.0 Å². The molecule has 4 heteroatoms. The third kappa shape index (κ3) is 3.37. The molecule has 24 heavy (non-hydrogen) atoms. The minimum absolute atomic E-state index is 0.432. The Bertz CT molecular complexity index is 705. The Labute approximate surface area is 144 Å². The van der Waals surface area contributed by atoms with Crippen molar-refractivity contribution in [1.29, 1.82) is 0 Å². The van der Waals surface area contributed by atoms with Gasteiger partial charge in [-0.05, 0) is 42.2 Å². The molecule has 4 nitrogen and oxygen atoms in total. The second-order valence-electron chi connectivity index (χ2n) is 6.52. The van der Waals surface area contributed by atoms with Crippen LogP contribution in [0.2, 0.25) is 0 Å². The summed E-state index contributed by atoms with van der Waals surface area (Å²) in [6.07, 6.45) is 8.99. The van der Waals surface area contributed by atoms with E-state index in [2.05, 4.69) is 41.7 Å². The molecule has 0 saturated heterocycles. The first-order valence-corrected chi connectivity index (χ1v) is 9.17. The Kier molecular flexibility index (Phi) is 5.34. The Morgan fingerprint density at radius 3 is 2.92 bits per heavy atom. The molecule has 2 atom stereocenters. The first-order valence-electron chi connectivity index (χ1n) is 9.17. The van der Waals surface area contributed by atoms with Gasteiger partial charge in [-0.3, -0.25) is 0 Å². The molecular weight excluding hydrogens is 298 g/mol. The van der Waals surface area contributed by atoms with Crippen molar-refractivity contribution in [3.05, 3.63) is 41.4 Å². The highest BCUT2D eigenvalue weighted by Gasteiger charge is 2.26. The van der Waals surface area contributed by atoms with Gasteiger partial charge in [-0.1, -0.05) is 57.0 Å². The van der Waals surface area contributed by atoms with Crippen LogP contribution >= 0.6 is 0 Å². The van der Waals surface area contributed by atoms with E-state index < -0.39 is 0 Å². The molecule has 0 radical (unpaired) electrons. The number of nitrogens with one attached hydrogen (secondary N) is 1. The molecule has 1 aliphatic heterocycles. The molecule has 1 fully saturated rings. The van der Waals surface area contributed by atoms with Crippen molar-refractivity contribution in [3.8, 4) is 11.4 Å². The minimum Gasteiger partial charge on any atom is -0.387 e. The maximum atomic E-state index is 5.60. The number of aromatic nitrogens is 2. The zero-order valence-corrected chi connectivity index (χ0v) is 14.9. The molecule has 2 aliphatic rings. The Morgan fingerprint density at radius 2 is 2.08 bits per heavy atom. The van der Waals surface area contributed by atoms with Crippen molar-refractivity contribution >= 4 is 6.08 Å². The van der Waals surface area contributed by atoms with Crippen molar-refractivity contribution in [2.45, 2.75) is 58.9 Å². The van der Waals surface area contributed by atoms with Gasteiger partial charge in [0.2, 0.25) is 11.7 Å². The molecule has 2 unspecified atom stereocenters. The van der Waals surface area contributed by atoms with Crippen LogP contribution in [0.15, 0.2) is 28.9 Å². The highest BCUT2D eigenvalue weighted by molar-refractivity contribution is 5.74. The molecular formula is C20H27N3O. The minimum atomic E-state index is 0.432. The Hall–Kier alpha value is -2.10. The van der Waals surface area contributed by atoms with Crippen LogP contribution in [0.4, 0.5) is 0 Å². The van der Waals surface area contributed by atoms with Crippen LogP contribution in [-0.2, 0) is 6.54 Å². The predicted molar refractivity (Wildman–Crippen MR) is 97.3 cm³/mol. The number of rotatable bonds is 2. The summed E-state index contributed by atoms with van der Waals surface area (Å²) in [6, 6.07) is 6.28. The molecule has 1 aliphatic carbocycles. The van der Waals surface area contributed by atoms with Gasteiger partial charge in [-0.25, -0.2) is 0 Å². The van der Waals surface area contributed by atoms with Crippen molar-refractivity contribution in [3.63, 3.8) is 0 Å². The first-order chi connectivity index (χ1) is 11.8. The average Bonchev–Trinajstić information content (AvgIpc) is 3.13. The van der Waals surface area contributed by atoms with E-state index in [4.69, 9.17) is 9.51 Å². The molecule has 1 aromatic heterocycles. The lowest BCUT2D eigenvalue weighted by Crippen LogP contribution is -2.12. The van der Waals surface area contributed by atoms with Gasteiger partial charge in [-0.15, -0.1) is 0 Å². The van der Waals surface area contributed by atoms with E-state index in [9.17, 15) is 0 Å². The van der Waals surface area contributed by atoms with Crippen molar-refractivity contribution in [1.82, 2.24) is 15.5 Å². The van der Waals surface area contributed by atoms with Crippen LogP contribution in [0.25, 0.3) is 17.5 Å². The van der Waals surface area contributed by atoms with Gasteiger partial charge in [-0.2, -0.15) is 4.98 Å². The van der Waals surface area contributed by atoms with E-state index in [0.29, 0.717) is 5.92 Å². The lowest BCUT2D eigenvalue weighted by molar-refractivity contribution is 0.276. The van der Waals surface area contributed by atoms with Crippen LogP contribution < -0.4 is 5.32 Å². The van der Waals surface area contributed by atoms with Gasteiger partial charge >= 0.3 is 0 Å². The molecule has 128 valence electrons. The molecule has 0 spiro atoms. The van der Waals surface area contributed by atoms with Gasteiger partial charge in [0.05, 0.1) is 0 Å². The molecule has 1 N–H and O–H groups in total. The number of hydrogen-bond donors (Lipinski definition) is 1.